The maximum absolute atomic E-state index is 10.2. The predicted octanol–water partition coefficient (Wildman–Crippen LogP) is 2.19. The molecule has 11 heavy (non-hydrogen) atoms. The van der Waals surface area contributed by atoms with Gasteiger partial charge in [0.2, 0.25) is 0 Å². The second-order valence-electron chi connectivity index (χ2n) is 4.73. The van der Waals surface area contributed by atoms with E-state index in [1.807, 2.05) is 0 Å². The van der Waals surface area contributed by atoms with Gasteiger partial charge in [0.25, 0.3) is 0 Å². The number of aliphatic hydroxyl groups is 1. The third kappa shape index (κ3) is 1.01. The first-order valence-corrected chi connectivity index (χ1v) is 4.84. The van der Waals surface area contributed by atoms with E-state index in [0.29, 0.717) is 5.92 Å². The molecule has 2 saturated carbocycles. The molecule has 0 aliphatic heterocycles. The van der Waals surface area contributed by atoms with Crippen molar-refractivity contribution in [1.82, 2.24) is 0 Å². The van der Waals surface area contributed by atoms with Gasteiger partial charge in [-0.25, -0.2) is 0 Å². The maximum atomic E-state index is 10.2. The van der Waals surface area contributed by atoms with Crippen molar-refractivity contribution in [3.8, 4) is 0 Å². The maximum Gasteiger partial charge on any atom is 0.0678 e. The molecule has 2 aliphatic rings. The molecule has 0 amide bonds. The third-order valence-electron chi connectivity index (χ3n) is 3.98. The zero-order valence-corrected chi connectivity index (χ0v) is 7.51. The molecular formula is C10H18O. The van der Waals surface area contributed by atoms with Crippen LogP contribution in [0.1, 0.15) is 39.5 Å². The van der Waals surface area contributed by atoms with E-state index in [1.54, 1.807) is 0 Å². The van der Waals surface area contributed by atoms with Gasteiger partial charge in [-0.05, 0) is 43.4 Å². The zero-order chi connectivity index (χ0) is 8.06. The summed E-state index contributed by atoms with van der Waals surface area (Å²) in [5.41, 5.74) is -0.275. The molecule has 64 valence electrons. The first-order chi connectivity index (χ1) is 5.12. The van der Waals surface area contributed by atoms with Crippen molar-refractivity contribution in [1.29, 1.82) is 0 Å². The Morgan fingerprint density at radius 2 is 1.91 bits per heavy atom. The van der Waals surface area contributed by atoms with Crippen molar-refractivity contribution >= 4 is 0 Å². The minimum Gasteiger partial charge on any atom is -0.390 e. The van der Waals surface area contributed by atoms with E-state index in [0.717, 1.165) is 24.7 Å². The molecule has 0 aromatic rings. The van der Waals surface area contributed by atoms with E-state index in [1.165, 1.54) is 12.8 Å². The van der Waals surface area contributed by atoms with Gasteiger partial charge < -0.3 is 5.11 Å². The molecule has 4 unspecified atom stereocenters. The van der Waals surface area contributed by atoms with Gasteiger partial charge in [-0.1, -0.05) is 13.8 Å². The Bertz CT molecular complexity index is 160. The van der Waals surface area contributed by atoms with Crippen molar-refractivity contribution < 1.29 is 5.11 Å². The predicted molar refractivity (Wildman–Crippen MR) is 45.2 cm³/mol. The van der Waals surface area contributed by atoms with Gasteiger partial charge >= 0.3 is 0 Å². The van der Waals surface area contributed by atoms with E-state index in [2.05, 4.69) is 13.8 Å². The van der Waals surface area contributed by atoms with Crippen LogP contribution in [0.2, 0.25) is 0 Å². The van der Waals surface area contributed by atoms with Crippen LogP contribution in [0, 0.1) is 17.8 Å². The van der Waals surface area contributed by atoms with Crippen molar-refractivity contribution in [2.24, 2.45) is 17.8 Å². The zero-order valence-electron chi connectivity index (χ0n) is 7.51. The van der Waals surface area contributed by atoms with Crippen LogP contribution in [0.25, 0.3) is 0 Å². The molecule has 2 rings (SSSR count). The van der Waals surface area contributed by atoms with Gasteiger partial charge in [-0.2, -0.15) is 0 Å². The summed E-state index contributed by atoms with van der Waals surface area (Å²) < 4.78 is 0. The molecule has 2 fully saturated rings. The van der Waals surface area contributed by atoms with Gasteiger partial charge in [0.1, 0.15) is 0 Å². The van der Waals surface area contributed by atoms with E-state index in [4.69, 9.17) is 0 Å². The quantitative estimate of drug-likeness (QED) is 0.567. The van der Waals surface area contributed by atoms with Crippen molar-refractivity contribution in [3.63, 3.8) is 0 Å². The van der Waals surface area contributed by atoms with Crippen LogP contribution in [-0.2, 0) is 0 Å². The molecule has 1 heteroatoms. The van der Waals surface area contributed by atoms with E-state index >= 15 is 0 Å². The molecule has 0 radical (unpaired) electrons. The lowest BCUT2D eigenvalue weighted by Crippen LogP contribution is -2.36. The van der Waals surface area contributed by atoms with Gasteiger partial charge in [-0.15, -0.1) is 0 Å². The monoisotopic (exact) mass is 154 g/mol. The SMILES string of the molecule is CC1CC2(O)CC1CCC2C. The van der Waals surface area contributed by atoms with Crippen LogP contribution in [0.4, 0.5) is 0 Å². The van der Waals surface area contributed by atoms with Gasteiger partial charge in [0.15, 0.2) is 0 Å². The first kappa shape index (κ1) is 7.60. The Morgan fingerprint density at radius 1 is 1.18 bits per heavy atom. The molecule has 1 N–H and O–H groups in total. The summed E-state index contributed by atoms with van der Waals surface area (Å²) in [6.07, 6.45) is 4.73. The highest BCUT2D eigenvalue weighted by Gasteiger charge is 2.48. The van der Waals surface area contributed by atoms with Gasteiger partial charge in [-0.3, -0.25) is 0 Å². The second-order valence-corrected chi connectivity index (χ2v) is 4.73. The summed E-state index contributed by atoms with van der Waals surface area (Å²) in [7, 11) is 0. The lowest BCUT2D eigenvalue weighted by atomic mass is 9.77. The summed E-state index contributed by atoms with van der Waals surface area (Å²) in [4.78, 5) is 0. The molecule has 4 atom stereocenters. The van der Waals surface area contributed by atoms with Crippen molar-refractivity contribution in [2.75, 3.05) is 0 Å². The van der Waals surface area contributed by atoms with Crippen molar-refractivity contribution in [2.45, 2.75) is 45.1 Å². The molecular weight excluding hydrogens is 136 g/mol. The molecule has 2 aliphatic carbocycles. The smallest absolute Gasteiger partial charge is 0.0678 e. The van der Waals surface area contributed by atoms with Crippen LogP contribution >= 0.6 is 0 Å². The summed E-state index contributed by atoms with van der Waals surface area (Å²) in [5, 5.41) is 10.2. The Morgan fingerprint density at radius 3 is 2.55 bits per heavy atom. The Labute approximate surface area is 68.8 Å². The van der Waals surface area contributed by atoms with Gasteiger partial charge in [0, 0.05) is 0 Å². The number of fused-ring (bicyclic) bond motifs is 2. The highest BCUT2D eigenvalue weighted by atomic mass is 16.3. The fraction of sp³-hybridized carbons (Fsp3) is 1.00. The molecule has 0 spiro atoms. The number of hydrogen-bond donors (Lipinski definition) is 1. The molecule has 0 aromatic carbocycles. The molecule has 0 heterocycles. The largest absolute Gasteiger partial charge is 0.390 e. The average Bonchev–Trinajstić information content (AvgIpc) is 2.18. The summed E-state index contributed by atoms with van der Waals surface area (Å²) in [6, 6.07) is 0. The van der Waals surface area contributed by atoms with E-state index in [9.17, 15) is 5.11 Å². The fourth-order valence-corrected chi connectivity index (χ4v) is 2.98. The highest BCUT2D eigenvalue weighted by molar-refractivity contribution is 4.99. The van der Waals surface area contributed by atoms with Crippen LogP contribution in [0.15, 0.2) is 0 Å². The summed E-state index contributed by atoms with van der Waals surface area (Å²) >= 11 is 0. The number of hydrogen-bond acceptors (Lipinski definition) is 1. The standard InChI is InChI=1S/C10H18O/c1-7-5-10(11)6-9(7)4-3-8(10)2/h7-9,11H,3-6H2,1-2H3. The average molecular weight is 154 g/mol. The van der Waals surface area contributed by atoms with E-state index in [-0.39, 0.29) is 5.60 Å². The van der Waals surface area contributed by atoms with Crippen LogP contribution in [0.5, 0.6) is 0 Å². The van der Waals surface area contributed by atoms with Crippen LogP contribution < -0.4 is 0 Å². The minimum absolute atomic E-state index is 0.275. The third-order valence-corrected chi connectivity index (χ3v) is 3.98. The normalized spacial score (nSPS) is 56.5. The Kier molecular flexibility index (Phi) is 1.54. The van der Waals surface area contributed by atoms with Gasteiger partial charge in [0.05, 0.1) is 5.60 Å². The topological polar surface area (TPSA) is 20.2 Å². The van der Waals surface area contributed by atoms with E-state index < -0.39 is 0 Å². The van der Waals surface area contributed by atoms with Crippen molar-refractivity contribution in [3.05, 3.63) is 0 Å². The Hall–Kier alpha value is -0.0400. The highest BCUT2D eigenvalue weighted by Crippen LogP contribution is 2.50. The second kappa shape index (κ2) is 2.22. The molecule has 0 aromatic heterocycles. The Balaban J connectivity index is 2.20. The lowest BCUT2D eigenvalue weighted by Gasteiger charge is -2.34. The van der Waals surface area contributed by atoms with Crippen LogP contribution in [-0.4, -0.2) is 10.7 Å². The van der Waals surface area contributed by atoms with Crippen LogP contribution in [0.3, 0.4) is 0 Å². The molecule has 2 bridgehead atoms. The minimum atomic E-state index is -0.275. The summed E-state index contributed by atoms with van der Waals surface area (Å²) in [5.74, 6) is 2.14. The fourth-order valence-electron chi connectivity index (χ4n) is 2.98. The molecule has 0 saturated heterocycles. The lowest BCUT2D eigenvalue weighted by molar-refractivity contribution is -0.0272. The first-order valence-electron chi connectivity index (χ1n) is 4.84. The summed E-state index contributed by atoms with van der Waals surface area (Å²) in [6.45, 7) is 4.49. The number of rotatable bonds is 0. The molecule has 1 nitrogen and oxygen atoms in total.